The van der Waals surface area contributed by atoms with Gasteiger partial charge in [-0.25, -0.2) is 0 Å². The summed E-state index contributed by atoms with van der Waals surface area (Å²) in [7, 11) is 0. The van der Waals surface area contributed by atoms with Crippen LogP contribution in [0.25, 0.3) is 0 Å². The van der Waals surface area contributed by atoms with Gasteiger partial charge in [0.2, 0.25) is 5.91 Å². The molecule has 6 heteroatoms. The lowest BCUT2D eigenvalue weighted by Gasteiger charge is -2.34. The lowest BCUT2D eigenvalue weighted by molar-refractivity contribution is -0.138. The maximum Gasteiger partial charge on any atom is 0.240 e. The summed E-state index contributed by atoms with van der Waals surface area (Å²) >= 11 is 0. The first-order valence-corrected chi connectivity index (χ1v) is 8.84. The number of nitrogens with two attached hydrogens (primary N) is 1. The van der Waals surface area contributed by atoms with Crippen molar-refractivity contribution >= 4 is 5.91 Å². The number of amides is 1. The van der Waals surface area contributed by atoms with Crippen molar-refractivity contribution < 1.29 is 15.0 Å². The number of hydrogen-bond acceptors (Lipinski definition) is 5. The van der Waals surface area contributed by atoms with Gasteiger partial charge in [0.1, 0.15) is 6.23 Å². The Morgan fingerprint density at radius 1 is 1.42 bits per heavy atom. The number of hydrogen-bond donors (Lipinski definition) is 4. The average Bonchev–Trinajstić information content (AvgIpc) is 2.99. The van der Waals surface area contributed by atoms with Gasteiger partial charge in [0.25, 0.3) is 0 Å². The number of terminal acetylenes is 1. The molecule has 142 valence electrons. The number of β-amino-alcohol motifs (C(OH)–C–C–N with tert-alkyl or cyclic N) is 1. The zero-order valence-electron chi connectivity index (χ0n) is 15.6. The maximum atomic E-state index is 12.7. The number of aliphatic hydroxyl groups excluding tert-OH is 2. The largest absolute Gasteiger partial charge is 0.391 e. The Kier molecular flexibility index (Phi) is 6.43. The van der Waals surface area contributed by atoms with E-state index in [0.29, 0.717) is 13.0 Å². The van der Waals surface area contributed by atoms with Crippen LogP contribution in [0.3, 0.4) is 0 Å². The molecule has 1 amide bonds. The van der Waals surface area contributed by atoms with E-state index in [-0.39, 0.29) is 12.5 Å². The van der Waals surface area contributed by atoms with E-state index >= 15 is 0 Å². The van der Waals surface area contributed by atoms with E-state index in [1.54, 1.807) is 0 Å². The normalized spacial score (nSPS) is 22.7. The molecule has 1 aromatic carbocycles. The van der Waals surface area contributed by atoms with Gasteiger partial charge in [0.15, 0.2) is 0 Å². The van der Waals surface area contributed by atoms with Gasteiger partial charge >= 0.3 is 0 Å². The fourth-order valence-corrected chi connectivity index (χ4v) is 3.02. The number of nitrogens with one attached hydrogen (secondary N) is 1. The smallest absolute Gasteiger partial charge is 0.240 e. The summed E-state index contributed by atoms with van der Waals surface area (Å²) in [6.45, 7) is 6.29. The minimum absolute atomic E-state index is 0.183. The predicted molar refractivity (Wildman–Crippen MR) is 101 cm³/mol. The van der Waals surface area contributed by atoms with E-state index < -0.39 is 29.8 Å². The van der Waals surface area contributed by atoms with Crippen molar-refractivity contribution in [1.29, 1.82) is 0 Å². The molecule has 1 saturated heterocycles. The first kappa shape index (κ1) is 20.4. The summed E-state index contributed by atoms with van der Waals surface area (Å²) < 4.78 is 0. The highest BCUT2D eigenvalue weighted by Gasteiger charge is 2.42. The van der Waals surface area contributed by atoms with Crippen molar-refractivity contribution in [2.24, 2.45) is 11.1 Å². The van der Waals surface area contributed by atoms with Crippen molar-refractivity contribution in [3.63, 3.8) is 0 Å². The molecule has 1 heterocycles. The van der Waals surface area contributed by atoms with Crippen LogP contribution in [-0.2, 0) is 11.3 Å². The van der Waals surface area contributed by atoms with Crippen LogP contribution in [-0.4, -0.2) is 52.0 Å². The van der Waals surface area contributed by atoms with Gasteiger partial charge in [-0.15, -0.1) is 6.42 Å². The third-order valence-corrected chi connectivity index (χ3v) is 4.80. The second-order valence-electron chi connectivity index (χ2n) is 7.96. The molecule has 26 heavy (non-hydrogen) atoms. The zero-order chi connectivity index (χ0) is 19.5. The molecule has 1 aliphatic heterocycles. The molecule has 1 unspecified atom stereocenters. The van der Waals surface area contributed by atoms with Crippen LogP contribution in [0.5, 0.6) is 0 Å². The number of carbonyl (C=O) groups excluding carboxylic acids is 1. The van der Waals surface area contributed by atoms with E-state index in [4.69, 9.17) is 12.2 Å². The second-order valence-corrected chi connectivity index (χ2v) is 7.96. The molecule has 0 aromatic heterocycles. The lowest BCUT2D eigenvalue weighted by atomic mass is 9.86. The molecule has 0 bridgehead atoms. The van der Waals surface area contributed by atoms with Gasteiger partial charge in [-0.05, 0) is 29.5 Å². The van der Waals surface area contributed by atoms with Crippen LogP contribution in [0, 0.1) is 17.8 Å². The molecule has 0 aliphatic carbocycles. The molecular formula is C20H29N3O3. The summed E-state index contributed by atoms with van der Waals surface area (Å²) in [5, 5.41) is 23.6. The minimum Gasteiger partial charge on any atom is -0.391 e. The van der Waals surface area contributed by atoms with Crippen LogP contribution < -0.4 is 11.1 Å². The number of aliphatic hydroxyl groups is 2. The number of likely N-dealkylation sites (tertiary alicyclic amines) is 1. The highest BCUT2D eigenvalue weighted by molar-refractivity contribution is 5.83. The third kappa shape index (κ3) is 4.83. The molecule has 1 aliphatic rings. The minimum atomic E-state index is -0.962. The first-order chi connectivity index (χ1) is 12.1. The van der Waals surface area contributed by atoms with E-state index in [9.17, 15) is 15.0 Å². The highest BCUT2D eigenvalue weighted by atomic mass is 16.3. The van der Waals surface area contributed by atoms with E-state index in [2.05, 4.69) is 11.2 Å². The Morgan fingerprint density at radius 2 is 2.04 bits per heavy atom. The molecule has 1 fully saturated rings. The fraction of sp³-hybridized carbons (Fsp3) is 0.550. The van der Waals surface area contributed by atoms with Crippen LogP contribution in [0.15, 0.2) is 24.3 Å². The number of nitrogens with zero attached hydrogens (tertiary/aromatic N) is 1. The Balaban J connectivity index is 2.02. The predicted octanol–water partition coefficient (Wildman–Crippen LogP) is 0.411. The molecule has 0 radical (unpaired) electrons. The average molecular weight is 359 g/mol. The molecule has 0 spiro atoms. The Morgan fingerprint density at radius 3 is 2.58 bits per heavy atom. The van der Waals surface area contributed by atoms with E-state index in [1.807, 2.05) is 45.0 Å². The van der Waals surface area contributed by atoms with Crippen molar-refractivity contribution in [3.8, 4) is 12.3 Å². The van der Waals surface area contributed by atoms with Crippen molar-refractivity contribution in [3.05, 3.63) is 35.4 Å². The summed E-state index contributed by atoms with van der Waals surface area (Å²) in [4.78, 5) is 14.2. The van der Waals surface area contributed by atoms with Crippen molar-refractivity contribution in [2.75, 3.05) is 6.54 Å². The van der Waals surface area contributed by atoms with Gasteiger partial charge in [-0.2, -0.15) is 0 Å². The van der Waals surface area contributed by atoms with Gasteiger partial charge < -0.3 is 20.8 Å². The Labute approximate surface area is 155 Å². The molecule has 1 aromatic rings. The summed E-state index contributed by atoms with van der Waals surface area (Å²) in [5.41, 5.74) is 7.44. The third-order valence-electron chi connectivity index (χ3n) is 4.80. The SMILES string of the molecule is C#Cc1ccc(CNC(O)[C@@H]2C[C@@H](O)CN2C(=O)[C@@H](N)C(C)(C)C)cc1. The van der Waals surface area contributed by atoms with Crippen molar-refractivity contribution in [1.82, 2.24) is 10.2 Å². The zero-order valence-corrected chi connectivity index (χ0v) is 15.6. The molecular weight excluding hydrogens is 330 g/mol. The standard InChI is InChI=1S/C20H29N3O3/c1-5-13-6-8-14(9-7-13)11-22-18(25)16-10-15(24)12-23(16)19(26)17(21)20(2,3)4/h1,6-9,15-18,22,24-25H,10-12,21H2,2-4H3/t15-,16+,17-,18?/m1/s1. The second kappa shape index (κ2) is 8.19. The number of carbonyl (C=O) groups is 1. The monoisotopic (exact) mass is 359 g/mol. The molecule has 5 N–H and O–H groups in total. The summed E-state index contributed by atoms with van der Waals surface area (Å²) in [6.07, 6.45) is 4.02. The van der Waals surface area contributed by atoms with Crippen LogP contribution >= 0.6 is 0 Å². The fourth-order valence-electron chi connectivity index (χ4n) is 3.02. The van der Waals surface area contributed by atoms with E-state index in [1.165, 1.54) is 4.90 Å². The van der Waals surface area contributed by atoms with Crippen molar-refractivity contribution in [2.45, 2.75) is 58.2 Å². The van der Waals surface area contributed by atoms with Crippen LogP contribution in [0.1, 0.15) is 38.3 Å². The summed E-state index contributed by atoms with van der Waals surface area (Å²) in [5.74, 6) is 2.30. The number of rotatable bonds is 5. The Hall–Kier alpha value is -1.91. The van der Waals surface area contributed by atoms with E-state index in [0.717, 1.165) is 11.1 Å². The van der Waals surface area contributed by atoms with Crippen LogP contribution in [0.2, 0.25) is 0 Å². The quantitative estimate of drug-likeness (QED) is 0.451. The Bertz CT molecular complexity index is 660. The maximum absolute atomic E-state index is 12.7. The topological polar surface area (TPSA) is 98.8 Å². The molecule has 0 saturated carbocycles. The van der Waals surface area contributed by atoms with Gasteiger partial charge in [0, 0.05) is 18.7 Å². The van der Waals surface area contributed by atoms with Crippen LogP contribution in [0.4, 0.5) is 0 Å². The number of benzene rings is 1. The highest BCUT2D eigenvalue weighted by Crippen LogP contribution is 2.25. The summed E-state index contributed by atoms with van der Waals surface area (Å²) in [6, 6.07) is 6.23. The van der Waals surface area contributed by atoms with Gasteiger partial charge in [-0.1, -0.05) is 38.8 Å². The first-order valence-electron chi connectivity index (χ1n) is 8.84. The van der Waals surface area contributed by atoms with Gasteiger partial charge in [0.05, 0.1) is 18.2 Å². The van der Waals surface area contributed by atoms with Gasteiger partial charge in [-0.3, -0.25) is 10.1 Å². The molecule has 2 rings (SSSR count). The molecule has 6 nitrogen and oxygen atoms in total. The lowest BCUT2D eigenvalue weighted by Crippen LogP contribution is -2.56. The molecule has 4 atom stereocenters.